The molecule has 2 radical (unpaired) electrons. The van der Waals surface area contributed by atoms with E-state index >= 15 is 0 Å². The SMILES string of the molecule is O.O.O.O.O.O.O.O.O=S(=O)(O)O.O=S(=O)(O)O.O=S(=O)(O)O.[Pr].[Pr]. The number of hydrogen-bond acceptors (Lipinski definition) is 6. The summed E-state index contributed by atoms with van der Waals surface area (Å²) in [6.45, 7) is 0. The molecule has 0 aliphatic rings. The summed E-state index contributed by atoms with van der Waals surface area (Å²) in [6.07, 6.45) is 0. The summed E-state index contributed by atoms with van der Waals surface area (Å²) in [5.74, 6) is 0. The Labute approximate surface area is 207 Å². The summed E-state index contributed by atoms with van der Waals surface area (Å²) in [7, 11) is -14.0. The Hall–Kier alpha value is 2.02. The minimum Gasteiger partial charge on any atom is -0.412 e. The molecule has 22 N–H and O–H groups in total. The maximum absolute atomic E-state index is 8.74. The van der Waals surface area contributed by atoms with E-state index in [4.69, 9.17) is 52.6 Å². The van der Waals surface area contributed by atoms with Crippen LogP contribution in [0.3, 0.4) is 0 Å². The van der Waals surface area contributed by atoms with Gasteiger partial charge in [0.2, 0.25) is 0 Å². The van der Waals surface area contributed by atoms with Gasteiger partial charge < -0.3 is 43.8 Å². The van der Waals surface area contributed by atoms with Crippen LogP contribution in [0.1, 0.15) is 0 Å². The zero-order valence-corrected chi connectivity index (χ0v) is 21.4. The summed E-state index contributed by atoms with van der Waals surface area (Å²) < 4.78 is 94.8. The van der Waals surface area contributed by atoms with Crippen molar-refractivity contribution in [3.63, 3.8) is 0 Å². The summed E-state index contributed by atoms with van der Waals surface area (Å²) in [6, 6.07) is 0. The van der Waals surface area contributed by atoms with Gasteiger partial charge in [-0.1, -0.05) is 0 Å². The smallest absolute Gasteiger partial charge is 0.394 e. The van der Waals surface area contributed by atoms with Crippen LogP contribution in [-0.4, -0.2) is 96.4 Å². The number of hydrogen-bond donors (Lipinski definition) is 6. The predicted octanol–water partition coefficient (Wildman–Crippen LogP) is -8.56. The van der Waals surface area contributed by atoms with E-state index in [1.165, 1.54) is 0 Å². The molecule has 25 heavy (non-hydrogen) atoms. The van der Waals surface area contributed by atoms with E-state index in [0.717, 1.165) is 0 Å². The minimum absolute atomic E-state index is 0. The van der Waals surface area contributed by atoms with Crippen molar-refractivity contribution in [1.29, 1.82) is 0 Å². The third kappa shape index (κ3) is 3690. The molecule has 0 aliphatic heterocycles. The topological polar surface area (TPSA) is 476 Å². The van der Waals surface area contributed by atoms with E-state index in [1.807, 2.05) is 0 Å². The molecule has 0 aromatic heterocycles. The second-order valence-electron chi connectivity index (χ2n) is 1.34. The fraction of sp³-hybridized carbons (Fsp3) is 0. The molecular weight excluding hydrogens is 698 g/mol. The molecule has 0 saturated heterocycles. The quantitative estimate of drug-likeness (QED) is 0.127. The zero-order valence-electron chi connectivity index (χ0n) is 11.5. The van der Waals surface area contributed by atoms with Crippen molar-refractivity contribution < 1.29 is 179 Å². The first-order valence-electron chi connectivity index (χ1n) is 2.10. The number of rotatable bonds is 0. The zero-order chi connectivity index (χ0) is 13.5. The normalized spacial score (nSPS) is 6.96. The van der Waals surface area contributed by atoms with Crippen LogP contribution >= 0.6 is 0 Å². The van der Waals surface area contributed by atoms with Crippen LogP contribution in [0.4, 0.5) is 0 Å². The molecule has 0 aromatic rings. The van der Waals surface area contributed by atoms with E-state index in [2.05, 4.69) is 0 Å². The first-order valence-corrected chi connectivity index (χ1v) is 6.29. The van der Waals surface area contributed by atoms with Gasteiger partial charge in [0.15, 0.2) is 0 Å². The Morgan fingerprint density at radius 2 is 0.320 bits per heavy atom. The van der Waals surface area contributed by atoms with Gasteiger partial charge in [-0.05, 0) is 0 Å². The van der Waals surface area contributed by atoms with Crippen molar-refractivity contribution in [1.82, 2.24) is 0 Å². The monoisotopic (exact) mass is 720 g/mol. The average molecular weight is 720 g/mol. The van der Waals surface area contributed by atoms with Gasteiger partial charge in [-0.25, -0.2) is 0 Å². The summed E-state index contributed by atoms with van der Waals surface area (Å²) >= 11 is 0. The molecule has 0 saturated carbocycles. The van der Waals surface area contributed by atoms with Crippen LogP contribution < -0.4 is 0 Å². The molecule has 20 nitrogen and oxygen atoms in total. The van der Waals surface area contributed by atoms with Crippen LogP contribution in [0.2, 0.25) is 0 Å². The molecule has 0 bridgehead atoms. The van der Waals surface area contributed by atoms with Crippen molar-refractivity contribution in [2.45, 2.75) is 0 Å². The van der Waals surface area contributed by atoms with Gasteiger partial charge in [-0.2, -0.15) is 25.3 Å². The molecule has 25 heteroatoms. The maximum atomic E-state index is 8.74. The van der Waals surface area contributed by atoms with Crippen LogP contribution in [0.5, 0.6) is 0 Å². The molecule has 0 unspecified atom stereocenters. The van der Waals surface area contributed by atoms with Crippen molar-refractivity contribution in [3.05, 3.63) is 0 Å². The van der Waals surface area contributed by atoms with Gasteiger partial charge >= 0.3 is 31.2 Å². The summed E-state index contributed by atoms with van der Waals surface area (Å²) in [5, 5.41) is 0. The molecule has 0 fully saturated rings. The van der Waals surface area contributed by atoms with Gasteiger partial charge in [-0.15, -0.1) is 0 Å². The molecule has 0 amide bonds. The Morgan fingerprint density at radius 3 is 0.320 bits per heavy atom. The van der Waals surface area contributed by atoms with E-state index in [9.17, 15) is 0 Å². The van der Waals surface area contributed by atoms with Crippen molar-refractivity contribution in [2.75, 3.05) is 0 Å². The first-order chi connectivity index (χ1) is 6.00. The molecule has 0 rings (SSSR count). The fourth-order valence-electron chi connectivity index (χ4n) is 0. The summed E-state index contributed by atoms with van der Waals surface area (Å²) in [4.78, 5) is 0. The maximum Gasteiger partial charge on any atom is 0.394 e. The molecule has 0 atom stereocenters. The molecule has 0 aromatic carbocycles. The largest absolute Gasteiger partial charge is 0.412 e. The van der Waals surface area contributed by atoms with E-state index in [-0.39, 0.29) is 126 Å². The van der Waals surface area contributed by atoms with Crippen molar-refractivity contribution in [3.8, 4) is 0 Å². The average Bonchev–Trinajstić information content (AvgIpc) is 1.41. The molecular formula is H22O20Pr2S3. The second-order valence-corrected chi connectivity index (χ2v) is 4.03. The molecule has 0 aliphatic carbocycles. The Balaban J connectivity index is -0.00000000655. The van der Waals surface area contributed by atoms with Crippen LogP contribution in [0.25, 0.3) is 0 Å². The van der Waals surface area contributed by atoms with Gasteiger partial charge in [0, 0.05) is 82.6 Å². The Kier molecular flexibility index (Phi) is 151. The van der Waals surface area contributed by atoms with Crippen LogP contribution in [0.15, 0.2) is 0 Å². The molecule has 0 spiro atoms. The fourth-order valence-corrected chi connectivity index (χ4v) is 0. The Morgan fingerprint density at radius 1 is 0.320 bits per heavy atom. The molecule has 166 valence electrons. The second kappa shape index (κ2) is 40.6. The van der Waals surface area contributed by atoms with Crippen molar-refractivity contribution in [2.24, 2.45) is 0 Å². The predicted molar refractivity (Wildman–Crippen MR) is 71.4 cm³/mol. The Bertz CT molecular complexity index is 344. The van der Waals surface area contributed by atoms with Crippen LogP contribution in [0, 0.1) is 82.6 Å². The summed E-state index contributed by atoms with van der Waals surface area (Å²) in [5.41, 5.74) is 0. The third-order valence-corrected chi connectivity index (χ3v) is 0. The first kappa shape index (κ1) is 93.1. The third-order valence-electron chi connectivity index (χ3n) is 0. The van der Waals surface area contributed by atoms with Gasteiger partial charge in [0.05, 0.1) is 0 Å². The molecule has 0 heterocycles. The van der Waals surface area contributed by atoms with Crippen molar-refractivity contribution >= 4 is 31.2 Å². The van der Waals surface area contributed by atoms with E-state index < -0.39 is 31.2 Å². The van der Waals surface area contributed by atoms with Gasteiger partial charge in [0.25, 0.3) is 0 Å². The van der Waals surface area contributed by atoms with Gasteiger partial charge in [0.1, 0.15) is 0 Å². The standard InChI is InChI=1S/3H2O4S.8H2O.2Pr/c3*1-5(2,3)4;;;;;;;;;;/h3*(H2,1,2,3,4);8*1H2;;. The van der Waals surface area contributed by atoms with E-state index in [0.29, 0.717) is 0 Å². The van der Waals surface area contributed by atoms with Crippen LogP contribution in [-0.2, 0) is 31.2 Å². The van der Waals surface area contributed by atoms with Gasteiger partial charge in [-0.3, -0.25) is 27.3 Å². The van der Waals surface area contributed by atoms with E-state index in [1.54, 1.807) is 0 Å². The minimum atomic E-state index is -4.67.